The molecule has 1 amide bonds. The predicted octanol–water partition coefficient (Wildman–Crippen LogP) is 4.02. The molecule has 3 nitrogen and oxygen atoms in total. The number of hydrogen-bond donors (Lipinski definition) is 0. The lowest BCUT2D eigenvalue weighted by atomic mass is 9.91. The third-order valence-electron chi connectivity index (χ3n) is 3.58. The molecular weight excluding hydrogens is 269 g/mol. The number of benzene rings is 1. The van der Waals surface area contributed by atoms with Crippen LogP contribution in [0, 0.1) is 11.7 Å². The molecule has 1 aromatic rings. The van der Waals surface area contributed by atoms with Crippen LogP contribution in [0.4, 0.5) is 9.18 Å². The van der Waals surface area contributed by atoms with E-state index in [1.54, 1.807) is 17.0 Å². The van der Waals surface area contributed by atoms with Gasteiger partial charge < -0.3 is 9.64 Å². The van der Waals surface area contributed by atoms with E-state index in [1.165, 1.54) is 6.07 Å². The highest BCUT2D eigenvalue weighted by molar-refractivity contribution is 5.68. The lowest BCUT2D eigenvalue weighted by molar-refractivity contribution is 0.0166. The van der Waals surface area contributed by atoms with Crippen LogP contribution in [-0.2, 0) is 11.2 Å². The van der Waals surface area contributed by atoms with Gasteiger partial charge in [-0.2, -0.15) is 0 Å². The van der Waals surface area contributed by atoms with Gasteiger partial charge in [0.1, 0.15) is 11.4 Å². The maximum atomic E-state index is 13.2. The van der Waals surface area contributed by atoms with Crippen molar-refractivity contribution in [3.05, 3.63) is 35.6 Å². The average molecular weight is 293 g/mol. The molecule has 116 valence electrons. The number of piperidine rings is 1. The largest absolute Gasteiger partial charge is 0.444 e. The van der Waals surface area contributed by atoms with E-state index >= 15 is 0 Å². The summed E-state index contributed by atoms with van der Waals surface area (Å²) in [6.07, 6.45) is 2.60. The van der Waals surface area contributed by atoms with Crippen molar-refractivity contribution >= 4 is 6.09 Å². The van der Waals surface area contributed by atoms with Crippen LogP contribution in [0.1, 0.15) is 39.2 Å². The molecule has 1 aromatic carbocycles. The van der Waals surface area contributed by atoms with Crippen LogP contribution < -0.4 is 0 Å². The van der Waals surface area contributed by atoms with Gasteiger partial charge in [0, 0.05) is 13.1 Å². The van der Waals surface area contributed by atoms with Crippen molar-refractivity contribution in [2.24, 2.45) is 5.92 Å². The zero-order valence-corrected chi connectivity index (χ0v) is 13.1. The lowest BCUT2D eigenvalue weighted by Crippen LogP contribution is -2.43. The molecular formula is C17H24FNO2. The maximum Gasteiger partial charge on any atom is 0.410 e. The number of carbonyl (C=O) groups is 1. The zero-order chi connectivity index (χ0) is 15.5. The van der Waals surface area contributed by atoms with E-state index in [4.69, 9.17) is 4.74 Å². The Morgan fingerprint density at radius 2 is 2.19 bits per heavy atom. The van der Waals surface area contributed by atoms with E-state index in [-0.39, 0.29) is 11.9 Å². The van der Waals surface area contributed by atoms with Crippen LogP contribution in [0.15, 0.2) is 24.3 Å². The number of likely N-dealkylation sites (tertiary alicyclic amines) is 1. The first kappa shape index (κ1) is 15.8. The summed E-state index contributed by atoms with van der Waals surface area (Å²) in [5.74, 6) is 0.167. The van der Waals surface area contributed by atoms with Crippen molar-refractivity contribution in [1.29, 1.82) is 0 Å². The summed E-state index contributed by atoms with van der Waals surface area (Å²) in [6.45, 7) is 7.05. The summed E-state index contributed by atoms with van der Waals surface area (Å²) in [5.41, 5.74) is 0.526. The van der Waals surface area contributed by atoms with E-state index in [0.29, 0.717) is 12.5 Å². The first-order valence-electron chi connectivity index (χ1n) is 7.56. The summed E-state index contributed by atoms with van der Waals surface area (Å²) in [7, 11) is 0. The second kappa shape index (κ2) is 6.46. The molecule has 0 aromatic heterocycles. The molecule has 1 aliphatic rings. The number of hydrogen-bond acceptors (Lipinski definition) is 2. The Balaban J connectivity index is 1.93. The molecule has 1 heterocycles. The first-order valence-corrected chi connectivity index (χ1v) is 7.56. The third-order valence-corrected chi connectivity index (χ3v) is 3.58. The summed E-state index contributed by atoms with van der Waals surface area (Å²) < 4.78 is 18.6. The highest BCUT2D eigenvalue weighted by Gasteiger charge is 2.27. The second-order valence-electron chi connectivity index (χ2n) is 6.77. The fourth-order valence-electron chi connectivity index (χ4n) is 2.72. The van der Waals surface area contributed by atoms with Crippen LogP contribution >= 0.6 is 0 Å². The Hall–Kier alpha value is -1.58. The van der Waals surface area contributed by atoms with Crippen molar-refractivity contribution in [3.63, 3.8) is 0 Å². The van der Waals surface area contributed by atoms with Crippen molar-refractivity contribution in [2.75, 3.05) is 13.1 Å². The Kier molecular flexibility index (Phi) is 4.86. The number of amides is 1. The molecule has 1 unspecified atom stereocenters. The Labute approximate surface area is 126 Å². The standard InChI is InChI=1S/C17H24FNO2/c1-17(2,3)21-16(20)19-9-5-7-14(12-19)10-13-6-4-8-15(18)11-13/h4,6,8,11,14H,5,7,9-10,12H2,1-3H3. The number of halogens is 1. The smallest absolute Gasteiger partial charge is 0.410 e. The van der Waals surface area contributed by atoms with Gasteiger partial charge in [0.05, 0.1) is 0 Å². The van der Waals surface area contributed by atoms with Gasteiger partial charge in [-0.15, -0.1) is 0 Å². The molecule has 0 spiro atoms. The minimum Gasteiger partial charge on any atom is -0.444 e. The van der Waals surface area contributed by atoms with Gasteiger partial charge in [0.25, 0.3) is 0 Å². The maximum absolute atomic E-state index is 13.2. The molecule has 0 aliphatic carbocycles. The van der Waals surface area contributed by atoms with E-state index < -0.39 is 5.60 Å². The summed E-state index contributed by atoms with van der Waals surface area (Å²) >= 11 is 0. The van der Waals surface area contributed by atoms with Crippen molar-refractivity contribution in [3.8, 4) is 0 Å². The van der Waals surface area contributed by atoms with Gasteiger partial charge in [0.15, 0.2) is 0 Å². The fourth-order valence-corrected chi connectivity index (χ4v) is 2.72. The second-order valence-corrected chi connectivity index (χ2v) is 6.77. The highest BCUT2D eigenvalue weighted by atomic mass is 19.1. The monoisotopic (exact) mass is 293 g/mol. The number of rotatable bonds is 2. The summed E-state index contributed by atoms with van der Waals surface area (Å²) in [5, 5.41) is 0. The minimum absolute atomic E-state index is 0.202. The third kappa shape index (κ3) is 5.03. The minimum atomic E-state index is -0.466. The number of ether oxygens (including phenoxy) is 1. The molecule has 1 aliphatic heterocycles. The topological polar surface area (TPSA) is 29.5 Å². The molecule has 4 heteroatoms. The van der Waals surface area contributed by atoms with Gasteiger partial charge in [-0.25, -0.2) is 9.18 Å². The van der Waals surface area contributed by atoms with Crippen molar-refractivity contribution in [1.82, 2.24) is 4.90 Å². The van der Waals surface area contributed by atoms with Crippen LogP contribution in [0.25, 0.3) is 0 Å². The van der Waals surface area contributed by atoms with Gasteiger partial charge in [0.2, 0.25) is 0 Å². The molecule has 2 rings (SSSR count). The van der Waals surface area contributed by atoms with Crippen molar-refractivity contribution < 1.29 is 13.9 Å². The quantitative estimate of drug-likeness (QED) is 0.824. The van der Waals surface area contributed by atoms with E-state index in [1.807, 2.05) is 26.8 Å². The summed E-state index contributed by atoms with van der Waals surface area (Å²) in [4.78, 5) is 13.9. The lowest BCUT2D eigenvalue weighted by Gasteiger charge is -2.34. The Morgan fingerprint density at radius 1 is 1.43 bits per heavy atom. The summed E-state index contributed by atoms with van der Waals surface area (Å²) in [6, 6.07) is 6.71. The average Bonchev–Trinajstić information content (AvgIpc) is 2.37. The van der Waals surface area contributed by atoms with E-state index in [2.05, 4.69) is 0 Å². The molecule has 0 bridgehead atoms. The SMILES string of the molecule is CC(C)(C)OC(=O)N1CCCC(Cc2cccc(F)c2)C1. The Morgan fingerprint density at radius 3 is 2.86 bits per heavy atom. The van der Waals surface area contributed by atoms with Crippen LogP contribution in [-0.4, -0.2) is 29.7 Å². The highest BCUT2D eigenvalue weighted by Crippen LogP contribution is 2.22. The molecule has 0 saturated carbocycles. The van der Waals surface area contributed by atoms with Gasteiger partial charge in [-0.1, -0.05) is 12.1 Å². The van der Waals surface area contributed by atoms with Crippen molar-refractivity contribution in [2.45, 2.75) is 45.6 Å². The van der Waals surface area contributed by atoms with Crippen LogP contribution in [0.2, 0.25) is 0 Å². The Bertz CT molecular complexity index is 496. The van der Waals surface area contributed by atoms with Gasteiger partial charge in [-0.3, -0.25) is 0 Å². The van der Waals surface area contributed by atoms with Gasteiger partial charge >= 0.3 is 6.09 Å². The number of nitrogens with zero attached hydrogens (tertiary/aromatic N) is 1. The molecule has 0 N–H and O–H groups in total. The normalized spacial score (nSPS) is 19.4. The fraction of sp³-hybridized carbons (Fsp3) is 0.588. The molecule has 21 heavy (non-hydrogen) atoms. The van der Waals surface area contributed by atoms with Crippen LogP contribution in [0.5, 0.6) is 0 Å². The molecule has 1 atom stereocenters. The molecule has 1 saturated heterocycles. The first-order chi connectivity index (χ1) is 9.83. The van der Waals surface area contributed by atoms with Crippen LogP contribution in [0.3, 0.4) is 0 Å². The molecule has 0 radical (unpaired) electrons. The van der Waals surface area contributed by atoms with Gasteiger partial charge in [-0.05, 0) is 63.6 Å². The zero-order valence-electron chi connectivity index (χ0n) is 13.1. The molecule has 1 fully saturated rings. The van der Waals surface area contributed by atoms with E-state index in [0.717, 1.165) is 31.4 Å². The predicted molar refractivity (Wildman–Crippen MR) is 80.6 cm³/mol. The number of carbonyl (C=O) groups excluding carboxylic acids is 1. The van der Waals surface area contributed by atoms with E-state index in [9.17, 15) is 9.18 Å².